The summed E-state index contributed by atoms with van der Waals surface area (Å²) in [5, 5.41) is 23.1. The Morgan fingerprint density at radius 3 is 2.75 bits per heavy atom. The summed E-state index contributed by atoms with van der Waals surface area (Å²) in [5.41, 5.74) is 0.295. The van der Waals surface area contributed by atoms with E-state index in [4.69, 9.17) is 10.4 Å². The van der Waals surface area contributed by atoms with Crippen LogP contribution in [0.1, 0.15) is 25.3 Å². The lowest BCUT2D eigenvalue weighted by Crippen LogP contribution is -2.55. The molecule has 0 atom stereocenters. The number of urea groups is 1. The number of anilines is 1. The van der Waals surface area contributed by atoms with E-state index in [1.54, 1.807) is 0 Å². The van der Waals surface area contributed by atoms with Gasteiger partial charge in [0.05, 0.1) is 17.8 Å². The standard InChI is InChI=1S/C16H19FN4O3/c1-2-21(9-15(22)23)13-6-12(7-13)19-16(24)20-14-4-3-11(17)5-10(14)8-18/h3-5,12-13H,2,6-7,9H2,1H3,(H,22,23)(H2,19,20,24). The number of carboxylic acid groups (broad SMARTS) is 1. The van der Waals surface area contributed by atoms with Gasteiger partial charge in [0.2, 0.25) is 0 Å². The summed E-state index contributed by atoms with van der Waals surface area (Å²) in [5.74, 6) is -1.41. The average Bonchev–Trinajstić information content (AvgIpc) is 2.50. The van der Waals surface area contributed by atoms with Gasteiger partial charge in [0.15, 0.2) is 0 Å². The van der Waals surface area contributed by atoms with Crippen LogP contribution in [0.25, 0.3) is 0 Å². The minimum absolute atomic E-state index is 0.0127. The molecule has 1 aromatic rings. The number of nitriles is 1. The van der Waals surface area contributed by atoms with Crippen molar-refractivity contribution in [3.63, 3.8) is 0 Å². The van der Waals surface area contributed by atoms with E-state index in [2.05, 4.69) is 10.6 Å². The molecule has 2 amide bonds. The fraction of sp³-hybridized carbons (Fsp3) is 0.438. The zero-order valence-electron chi connectivity index (χ0n) is 13.3. The summed E-state index contributed by atoms with van der Waals surface area (Å²) >= 11 is 0. The van der Waals surface area contributed by atoms with Crippen molar-refractivity contribution in [1.82, 2.24) is 10.2 Å². The van der Waals surface area contributed by atoms with Gasteiger partial charge in [-0.1, -0.05) is 6.92 Å². The van der Waals surface area contributed by atoms with Crippen LogP contribution in [-0.4, -0.2) is 47.2 Å². The minimum Gasteiger partial charge on any atom is -0.480 e. The topological polar surface area (TPSA) is 105 Å². The van der Waals surface area contributed by atoms with E-state index in [-0.39, 0.29) is 29.9 Å². The quantitative estimate of drug-likeness (QED) is 0.735. The third-order valence-corrected chi connectivity index (χ3v) is 4.06. The highest BCUT2D eigenvalue weighted by molar-refractivity contribution is 5.91. The predicted molar refractivity (Wildman–Crippen MR) is 85.0 cm³/mol. The van der Waals surface area contributed by atoms with Gasteiger partial charge >= 0.3 is 12.0 Å². The molecule has 0 unspecified atom stereocenters. The van der Waals surface area contributed by atoms with Crippen LogP contribution in [0.15, 0.2) is 18.2 Å². The van der Waals surface area contributed by atoms with Gasteiger partial charge < -0.3 is 15.7 Å². The zero-order chi connectivity index (χ0) is 17.7. The molecule has 24 heavy (non-hydrogen) atoms. The molecule has 0 radical (unpaired) electrons. The first kappa shape index (κ1) is 17.7. The van der Waals surface area contributed by atoms with Crippen LogP contribution < -0.4 is 10.6 Å². The summed E-state index contributed by atoms with van der Waals surface area (Å²) in [6.45, 7) is 2.52. The van der Waals surface area contributed by atoms with E-state index < -0.39 is 17.8 Å². The Morgan fingerprint density at radius 1 is 1.46 bits per heavy atom. The summed E-state index contributed by atoms with van der Waals surface area (Å²) in [4.78, 5) is 24.6. The maximum atomic E-state index is 13.1. The third-order valence-electron chi connectivity index (χ3n) is 4.06. The molecule has 3 N–H and O–H groups in total. The Hall–Kier alpha value is -2.66. The molecule has 0 aromatic heterocycles. The summed E-state index contributed by atoms with van der Waals surface area (Å²) in [7, 11) is 0. The predicted octanol–water partition coefficient (Wildman–Crippen LogP) is 1.76. The highest BCUT2D eigenvalue weighted by Gasteiger charge is 2.34. The van der Waals surface area contributed by atoms with Crippen molar-refractivity contribution in [2.45, 2.75) is 31.8 Å². The molecule has 1 aliphatic carbocycles. The highest BCUT2D eigenvalue weighted by Crippen LogP contribution is 2.25. The summed E-state index contributed by atoms with van der Waals surface area (Å²) in [6, 6.07) is 5.00. The number of nitrogens with one attached hydrogen (secondary N) is 2. The number of halogens is 1. The zero-order valence-corrected chi connectivity index (χ0v) is 13.3. The maximum Gasteiger partial charge on any atom is 0.319 e. The fourth-order valence-corrected chi connectivity index (χ4v) is 2.74. The molecule has 1 aromatic carbocycles. The van der Waals surface area contributed by atoms with Crippen molar-refractivity contribution in [3.8, 4) is 6.07 Å². The summed E-state index contributed by atoms with van der Waals surface area (Å²) in [6.07, 6.45) is 1.34. The number of hydrogen-bond acceptors (Lipinski definition) is 4. The minimum atomic E-state index is -0.869. The number of nitrogens with zero attached hydrogens (tertiary/aromatic N) is 2. The Kier molecular flexibility index (Phi) is 5.71. The van der Waals surface area contributed by atoms with E-state index in [1.165, 1.54) is 12.1 Å². The molecular weight excluding hydrogens is 315 g/mol. The van der Waals surface area contributed by atoms with Gasteiger partial charge in [0, 0.05) is 12.1 Å². The molecule has 2 rings (SSSR count). The molecule has 1 aliphatic rings. The lowest BCUT2D eigenvalue weighted by molar-refractivity contribution is -0.139. The van der Waals surface area contributed by atoms with Crippen LogP contribution >= 0.6 is 0 Å². The lowest BCUT2D eigenvalue weighted by Gasteiger charge is -2.42. The molecule has 1 saturated carbocycles. The molecule has 7 nitrogen and oxygen atoms in total. The lowest BCUT2D eigenvalue weighted by atomic mass is 9.85. The van der Waals surface area contributed by atoms with Gasteiger partial charge in [0.25, 0.3) is 0 Å². The van der Waals surface area contributed by atoms with Gasteiger partial charge in [0.1, 0.15) is 11.9 Å². The van der Waals surface area contributed by atoms with Crippen molar-refractivity contribution in [2.24, 2.45) is 0 Å². The number of rotatable bonds is 6. The number of benzene rings is 1. The van der Waals surface area contributed by atoms with E-state index in [1.807, 2.05) is 17.9 Å². The van der Waals surface area contributed by atoms with Crippen LogP contribution in [0.5, 0.6) is 0 Å². The first-order valence-corrected chi connectivity index (χ1v) is 7.66. The molecule has 0 saturated heterocycles. The molecule has 8 heteroatoms. The van der Waals surface area contributed by atoms with Crippen LogP contribution in [-0.2, 0) is 4.79 Å². The molecule has 0 heterocycles. The SMILES string of the molecule is CCN(CC(=O)O)C1CC(NC(=O)Nc2ccc(F)cc2C#N)C1. The molecule has 0 aliphatic heterocycles. The van der Waals surface area contributed by atoms with Gasteiger partial charge in [-0.3, -0.25) is 9.69 Å². The number of aliphatic carboxylic acids is 1. The van der Waals surface area contributed by atoms with Crippen molar-refractivity contribution in [2.75, 3.05) is 18.4 Å². The molecule has 0 bridgehead atoms. The normalized spacial score (nSPS) is 19.2. The van der Waals surface area contributed by atoms with Crippen molar-refractivity contribution < 1.29 is 19.1 Å². The first-order valence-electron chi connectivity index (χ1n) is 7.66. The Bertz CT molecular complexity index is 668. The second kappa shape index (κ2) is 7.75. The maximum absolute atomic E-state index is 13.1. The number of carbonyl (C=O) groups excluding carboxylic acids is 1. The fourth-order valence-electron chi connectivity index (χ4n) is 2.74. The van der Waals surface area contributed by atoms with Crippen molar-refractivity contribution >= 4 is 17.7 Å². The monoisotopic (exact) mass is 334 g/mol. The Balaban J connectivity index is 1.83. The molecule has 128 valence electrons. The second-order valence-electron chi connectivity index (χ2n) is 5.68. The number of amides is 2. The molecular formula is C16H19FN4O3. The number of carboxylic acids is 1. The van der Waals surface area contributed by atoms with Gasteiger partial charge in [-0.15, -0.1) is 0 Å². The summed E-state index contributed by atoms with van der Waals surface area (Å²) < 4.78 is 13.1. The number of likely N-dealkylation sites (N-methyl/N-ethyl adjacent to an activating group) is 1. The van der Waals surface area contributed by atoms with Gasteiger partial charge in [-0.05, 0) is 37.6 Å². The van der Waals surface area contributed by atoms with E-state index in [0.29, 0.717) is 19.4 Å². The first-order chi connectivity index (χ1) is 11.4. The van der Waals surface area contributed by atoms with E-state index >= 15 is 0 Å². The van der Waals surface area contributed by atoms with Crippen LogP contribution in [0.3, 0.4) is 0 Å². The number of carbonyl (C=O) groups is 2. The molecule has 1 fully saturated rings. The number of hydrogen-bond donors (Lipinski definition) is 3. The van der Waals surface area contributed by atoms with Gasteiger partial charge in [-0.2, -0.15) is 5.26 Å². The molecule has 0 spiro atoms. The van der Waals surface area contributed by atoms with E-state index in [9.17, 15) is 14.0 Å². The van der Waals surface area contributed by atoms with Gasteiger partial charge in [-0.25, -0.2) is 9.18 Å². The largest absolute Gasteiger partial charge is 0.480 e. The van der Waals surface area contributed by atoms with E-state index in [0.717, 1.165) is 6.07 Å². The van der Waals surface area contributed by atoms with Crippen LogP contribution in [0, 0.1) is 17.1 Å². The van der Waals surface area contributed by atoms with Crippen LogP contribution in [0.2, 0.25) is 0 Å². The van der Waals surface area contributed by atoms with Crippen LogP contribution in [0.4, 0.5) is 14.9 Å². The average molecular weight is 334 g/mol. The van der Waals surface area contributed by atoms with Crippen molar-refractivity contribution in [3.05, 3.63) is 29.6 Å². The Labute approximate surface area is 139 Å². The van der Waals surface area contributed by atoms with Crippen molar-refractivity contribution in [1.29, 1.82) is 5.26 Å². The third kappa shape index (κ3) is 4.43. The smallest absolute Gasteiger partial charge is 0.319 e. The highest BCUT2D eigenvalue weighted by atomic mass is 19.1. The Morgan fingerprint density at radius 2 is 2.17 bits per heavy atom. The second-order valence-corrected chi connectivity index (χ2v) is 5.68.